The highest BCUT2D eigenvalue weighted by Gasteiger charge is 2.28. The molecule has 2 N–H and O–H groups in total. The number of aryl methyl sites for hydroxylation is 1. The van der Waals surface area contributed by atoms with Gasteiger partial charge in [-0.25, -0.2) is 0 Å². The van der Waals surface area contributed by atoms with Crippen molar-refractivity contribution in [2.45, 2.75) is 13.5 Å². The molecule has 0 spiro atoms. The first kappa shape index (κ1) is 16.9. The molecule has 0 radical (unpaired) electrons. The van der Waals surface area contributed by atoms with E-state index in [1.54, 1.807) is 24.3 Å². The van der Waals surface area contributed by atoms with Crippen LogP contribution < -0.4 is 15.2 Å². The number of benzene rings is 2. The number of carbonyl (C=O) groups is 2. The normalized spacial score (nSPS) is 14.4. The van der Waals surface area contributed by atoms with Crippen LogP contribution in [0.15, 0.2) is 54.4 Å². The summed E-state index contributed by atoms with van der Waals surface area (Å²) >= 11 is 0. The molecule has 1 aliphatic heterocycles. The smallest absolute Gasteiger partial charge is 0.255 e. The minimum absolute atomic E-state index is 0.181. The molecule has 3 aromatic rings. The van der Waals surface area contributed by atoms with Gasteiger partial charge in [0.25, 0.3) is 5.91 Å². The van der Waals surface area contributed by atoms with Crippen molar-refractivity contribution in [2.75, 3.05) is 6.61 Å². The quantitative estimate of drug-likeness (QED) is 0.707. The number of para-hydroxylation sites is 1. The molecule has 1 aliphatic rings. The number of nitrogens with two attached hydrogens (primary N) is 1. The molecule has 0 fully saturated rings. The molecular formula is C21H18N2O4. The fraction of sp³-hybridized carbons (Fsp3) is 0.143. The molecule has 2 aromatic carbocycles. The molecule has 136 valence electrons. The maximum atomic E-state index is 12.7. The summed E-state index contributed by atoms with van der Waals surface area (Å²) < 4.78 is 13.2. The van der Waals surface area contributed by atoms with Crippen molar-refractivity contribution in [3.05, 3.63) is 65.5 Å². The standard InChI is InChI=1S/C21H18N2O4/c1-2-23-11-13(15-5-3-4-6-17(15)23)9-19-21(25)16-8-7-14(10-18(16)27-19)26-12-20(22)24/h3-11H,2,12H2,1H3,(H2,22,24). The zero-order valence-electron chi connectivity index (χ0n) is 14.8. The van der Waals surface area contributed by atoms with E-state index < -0.39 is 5.91 Å². The second-order valence-corrected chi connectivity index (χ2v) is 6.24. The fourth-order valence-corrected chi connectivity index (χ4v) is 3.20. The average Bonchev–Trinajstić information content (AvgIpc) is 3.18. The van der Waals surface area contributed by atoms with E-state index in [1.165, 1.54) is 0 Å². The largest absolute Gasteiger partial charge is 0.484 e. The van der Waals surface area contributed by atoms with Gasteiger partial charge in [-0.15, -0.1) is 0 Å². The molecule has 1 aromatic heterocycles. The molecule has 6 heteroatoms. The van der Waals surface area contributed by atoms with Crippen LogP contribution in [-0.2, 0) is 11.3 Å². The first-order valence-electron chi connectivity index (χ1n) is 8.64. The Morgan fingerprint density at radius 2 is 2.07 bits per heavy atom. The molecule has 0 atom stereocenters. The van der Waals surface area contributed by atoms with E-state index in [1.807, 2.05) is 24.4 Å². The minimum atomic E-state index is -0.569. The first-order valence-corrected chi connectivity index (χ1v) is 8.64. The lowest BCUT2D eigenvalue weighted by Crippen LogP contribution is -2.19. The number of primary amides is 1. The minimum Gasteiger partial charge on any atom is -0.484 e. The van der Waals surface area contributed by atoms with Gasteiger partial charge in [-0.3, -0.25) is 9.59 Å². The summed E-state index contributed by atoms with van der Waals surface area (Å²) in [7, 11) is 0. The lowest BCUT2D eigenvalue weighted by molar-refractivity contribution is -0.119. The van der Waals surface area contributed by atoms with E-state index in [0.717, 1.165) is 23.0 Å². The van der Waals surface area contributed by atoms with Crippen molar-refractivity contribution < 1.29 is 19.1 Å². The number of fused-ring (bicyclic) bond motifs is 2. The van der Waals surface area contributed by atoms with Crippen molar-refractivity contribution in [3.63, 3.8) is 0 Å². The molecule has 6 nitrogen and oxygen atoms in total. The van der Waals surface area contributed by atoms with Crippen molar-refractivity contribution in [1.29, 1.82) is 0 Å². The van der Waals surface area contributed by atoms with Gasteiger partial charge in [-0.05, 0) is 31.2 Å². The second kappa shape index (κ2) is 6.64. The number of carbonyl (C=O) groups excluding carboxylic acids is 2. The number of nitrogens with zero attached hydrogens (tertiary/aromatic N) is 1. The van der Waals surface area contributed by atoms with Gasteiger partial charge in [0.1, 0.15) is 11.5 Å². The number of ketones is 1. The molecule has 2 heterocycles. The predicted molar refractivity (Wildman–Crippen MR) is 102 cm³/mol. The van der Waals surface area contributed by atoms with Crippen LogP contribution in [-0.4, -0.2) is 22.9 Å². The topological polar surface area (TPSA) is 83.5 Å². The van der Waals surface area contributed by atoms with Crippen molar-refractivity contribution in [2.24, 2.45) is 5.73 Å². The highest BCUT2D eigenvalue weighted by atomic mass is 16.5. The monoisotopic (exact) mass is 362 g/mol. The van der Waals surface area contributed by atoms with Crippen LogP contribution in [0, 0.1) is 0 Å². The van der Waals surface area contributed by atoms with Crippen LogP contribution in [0.2, 0.25) is 0 Å². The van der Waals surface area contributed by atoms with Gasteiger partial charge in [-0.1, -0.05) is 18.2 Å². The Kier molecular flexibility index (Phi) is 4.16. The molecule has 0 bridgehead atoms. The van der Waals surface area contributed by atoms with Crippen molar-refractivity contribution >= 4 is 28.7 Å². The van der Waals surface area contributed by atoms with Crippen LogP contribution in [0.1, 0.15) is 22.8 Å². The Bertz CT molecular complexity index is 1090. The zero-order valence-corrected chi connectivity index (χ0v) is 14.8. The van der Waals surface area contributed by atoms with Gasteiger partial charge in [0.2, 0.25) is 5.78 Å². The molecular weight excluding hydrogens is 344 g/mol. The number of rotatable bonds is 5. The van der Waals surface area contributed by atoms with Gasteiger partial charge in [0.15, 0.2) is 12.4 Å². The molecule has 27 heavy (non-hydrogen) atoms. The molecule has 0 saturated carbocycles. The van der Waals surface area contributed by atoms with Crippen LogP contribution in [0.25, 0.3) is 17.0 Å². The Morgan fingerprint density at radius 3 is 2.85 bits per heavy atom. The number of ether oxygens (including phenoxy) is 2. The van der Waals surface area contributed by atoms with Crippen LogP contribution >= 0.6 is 0 Å². The summed E-state index contributed by atoms with van der Waals surface area (Å²) in [6.07, 6.45) is 3.78. The van der Waals surface area contributed by atoms with Crippen molar-refractivity contribution in [3.8, 4) is 11.5 Å². The summed E-state index contributed by atoms with van der Waals surface area (Å²) in [6.45, 7) is 2.68. The number of amides is 1. The average molecular weight is 362 g/mol. The Hall–Kier alpha value is -3.54. The molecule has 0 unspecified atom stereocenters. The van der Waals surface area contributed by atoms with E-state index in [-0.39, 0.29) is 18.1 Å². The SMILES string of the molecule is CCn1cc(C=C2Oc3cc(OCC(N)=O)ccc3C2=O)c2ccccc21. The van der Waals surface area contributed by atoms with Gasteiger partial charge in [0, 0.05) is 35.3 Å². The Morgan fingerprint density at radius 1 is 1.26 bits per heavy atom. The number of allylic oxidation sites excluding steroid dienone is 1. The van der Waals surface area contributed by atoms with Crippen molar-refractivity contribution in [1.82, 2.24) is 4.57 Å². The summed E-state index contributed by atoms with van der Waals surface area (Å²) in [6, 6.07) is 12.9. The van der Waals surface area contributed by atoms with E-state index in [0.29, 0.717) is 17.1 Å². The molecule has 4 rings (SSSR count). The zero-order chi connectivity index (χ0) is 19.0. The number of Topliss-reactive ketones (excluding diaryl/α,β-unsaturated/α-hetero) is 1. The lowest BCUT2D eigenvalue weighted by Gasteiger charge is -2.04. The molecule has 0 aliphatic carbocycles. The van der Waals surface area contributed by atoms with Gasteiger partial charge in [-0.2, -0.15) is 0 Å². The fourth-order valence-electron chi connectivity index (χ4n) is 3.20. The van der Waals surface area contributed by atoms with Gasteiger partial charge in [0.05, 0.1) is 5.56 Å². The summed E-state index contributed by atoms with van der Waals surface area (Å²) in [5, 5.41) is 1.06. The van der Waals surface area contributed by atoms with E-state index in [9.17, 15) is 9.59 Å². The Balaban J connectivity index is 1.67. The molecule has 1 amide bonds. The van der Waals surface area contributed by atoms with Crippen LogP contribution in [0.5, 0.6) is 11.5 Å². The van der Waals surface area contributed by atoms with E-state index >= 15 is 0 Å². The third-order valence-electron chi connectivity index (χ3n) is 4.47. The number of hydrogen-bond donors (Lipinski definition) is 1. The Labute approximate surface area is 155 Å². The second-order valence-electron chi connectivity index (χ2n) is 6.24. The van der Waals surface area contributed by atoms with E-state index in [2.05, 4.69) is 17.6 Å². The summed E-state index contributed by atoms with van der Waals surface area (Å²) in [5.41, 5.74) is 7.58. The van der Waals surface area contributed by atoms with Gasteiger partial charge >= 0.3 is 0 Å². The lowest BCUT2D eigenvalue weighted by atomic mass is 10.1. The van der Waals surface area contributed by atoms with E-state index in [4.69, 9.17) is 15.2 Å². The summed E-state index contributed by atoms with van der Waals surface area (Å²) in [4.78, 5) is 23.5. The summed E-state index contributed by atoms with van der Waals surface area (Å²) in [5.74, 6) is 0.341. The first-order chi connectivity index (χ1) is 13.1. The number of hydrogen-bond acceptors (Lipinski definition) is 4. The van der Waals surface area contributed by atoms with Crippen LogP contribution in [0.4, 0.5) is 0 Å². The third-order valence-corrected chi connectivity index (χ3v) is 4.47. The maximum Gasteiger partial charge on any atom is 0.255 e. The van der Waals surface area contributed by atoms with Crippen LogP contribution in [0.3, 0.4) is 0 Å². The molecule has 0 saturated heterocycles. The predicted octanol–water partition coefficient (Wildman–Crippen LogP) is 3.14. The highest BCUT2D eigenvalue weighted by molar-refractivity contribution is 6.15. The van der Waals surface area contributed by atoms with Gasteiger partial charge < -0.3 is 19.8 Å². The third kappa shape index (κ3) is 3.06. The number of aromatic nitrogens is 1. The highest BCUT2D eigenvalue weighted by Crippen LogP contribution is 2.35. The maximum absolute atomic E-state index is 12.7.